The number of aryl methyl sites for hydroxylation is 1. The van der Waals surface area contributed by atoms with Gasteiger partial charge >= 0.3 is 0 Å². The summed E-state index contributed by atoms with van der Waals surface area (Å²) in [5, 5.41) is 0. The predicted molar refractivity (Wildman–Crippen MR) is 96.9 cm³/mol. The van der Waals surface area contributed by atoms with Gasteiger partial charge in [0.15, 0.2) is 0 Å². The van der Waals surface area contributed by atoms with Crippen molar-refractivity contribution in [1.29, 1.82) is 0 Å². The van der Waals surface area contributed by atoms with Crippen molar-refractivity contribution >= 4 is 5.82 Å². The smallest absolute Gasteiger partial charge is 0.135 e. The molecule has 1 atom stereocenters. The van der Waals surface area contributed by atoms with Crippen LogP contribution in [0.4, 0.5) is 5.82 Å². The van der Waals surface area contributed by atoms with Crippen LogP contribution in [0.25, 0.3) is 0 Å². The van der Waals surface area contributed by atoms with E-state index >= 15 is 0 Å². The van der Waals surface area contributed by atoms with Crippen molar-refractivity contribution in [3.63, 3.8) is 0 Å². The van der Waals surface area contributed by atoms with E-state index < -0.39 is 0 Å². The van der Waals surface area contributed by atoms with Gasteiger partial charge in [0.25, 0.3) is 0 Å². The summed E-state index contributed by atoms with van der Waals surface area (Å²) < 4.78 is 0. The number of anilines is 1. The Labute approximate surface area is 135 Å². The molecular formula is C19H29N3. The summed E-state index contributed by atoms with van der Waals surface area (Å²) in [5.41, 5.74) is 9.35. The van der Waals surface area contributed by atoms with Crippen LogP contribution in [0.1, 0.15) is 39.2 Å². The summed E-state index contributed by atoms with van der Waals surface area (Å²) in [5.74, 6) is 0.967. The number of pyridine rings is 1. The van der Waals surface area contributed by atoms with Gasteiger partial charge in [-0.25, -0.2) is 4.98 Å². The van der Waals surface area contributed by atoms with E-state index in [2.05, 4.69) is 61.5 Å². The molecule has 0 radical (unpaired) electrons. The number of allylic oxidation sites excluding steroid dienone is 2. The zero-order valence-electron chi connectivity index (χ0n) is 14.3. The third-order valence-corrected chi connectivity index (χ3v) is 3.41. The van der Waals surface area contributed by atoms with Crippen molar-refractivity contribution in [2.24, 2.45) is 5.73 Å². The minimum absolute atomic E-state index is 0.0260. The molecule has 0 aliphatic heterocycles. The zero-order valence-corrected chi connectivity index (χ0v) is 14.3. The van der Waals surface area contributed by atoms with Gasteiger partial charge < -0.3 is 10.6 Å². The molecule has 3 nitrogen and oxygen atoms in total. The number of hydrogen-bond donors (Lipinski definition) is 1. The summed E-state index contributed by atoms with van der Waals surface area (Å²) >= 11 is 0. The average molecular weight is 299 g/mol. The Bertz CT molecular complexity index is 541. The Morgan fingerprint density at radius 2 is 2.18 bits per heavy atom. The largest absolute Gasteiger partial charge is 0.326 e. The summed E-state index contributed by atoms with van der Waals surface area (Å²) in [7, 11) is 0. The van der Waals surface area contributed by atoms with E-state index in [9.17, 15) is 0 Å². The molecule has 0 fully saturated rings. The maximum Gasteiger partial charge on any atom is 0.135 e. The summed E-state index contributed by atoms with van der Waals surface area (Å²) in [6.07, 6.45) is 10.1. The molecule has 0 bridgehead atoms. The highest BCUT2D eigenvalue weighted by Crippen LogP contribution is 2.23. The first kappa shape index (κ1) is 18.2. The van der Waals surface area contributed by atoms with Gasteiger partial charge in [0.05, 0.1) is 0 Å². The summed E-state index contributed by atoms with van der Waals surface area (Å²) in [6, 6.07) is 4.06. The minimum atomic E-state index is 0.0260. The van der Waals surface area contributed by atoms with Gasteiger partial charge in [-0.3, -0.25) is 0 Å². The lowest BCUT2D eigenvalue weighted by atomic mass is 10.1. The molecule has 0 aliphatic carbocycles. The lowest BCUT2D eigenvalue weighted by molar-refractivity contribution is 0.870. The molecule has 2 N–H and O–H groups in total. The topological polar surface area (TPSA) is 42.1 Å². The minimum Gasteiger partial charge on any atom is -0.326 e. The van der Waals surface area contributed by atoms with Crippen LogP contribution in [0.3, 0.4) is 0 Å². The molecule has 0 aliphatic rings. The predicted octanol–water partition coefficient (Wildman–Crippen LogP) is 4.36. The van der Waals surface area contributed by atoms with Crippen molar-refractivity contribution in [2.75, 3.05) is 11.4 Å². The van der Waals surface area contributed by atoms with Crippen molar-refractivity contribution in [2.45, 2.75) is 46.6 Å². The quantitative estimate of drug-likeness (QED) is 0.725. The molecule has 0 saturated heterocycles. The summed E-state index contributed by atoms with van der Waals surface area (Å²) in [6.45, 7) is 13.3. The third-order valence-electron chi connectivity index (χ3n) is 3.41. The van der Waals surface area contributed by atoms with E-state index in [1.807, 2.05) is 19.2 Å². The number of nitrogens with two attached hydrogens (primary N) is 1. The van der Waals surface area contributed by atoms with Crippen LogP contribution in [-0.2, 0) is 0 Å². The maximum atomic E-state index is 5.95. The highest BCUT2D eigenvalue weighted by atomic mass is 15.2. The van der Waals surface area contributed by atoms with Gasteiger partial charge in [-0.2, -0.15) is 0 Å². The Hall–Kier alpha value is -1.87. The number of hydrogen-bond acceptors (Lipinski definition) is 3. The van der Waals surface area contributed by atoms with Crippen molar-refractivity contribution in [3.8, 4) is 0 Å². The molecular weight excluding hydrogens is 270 g/mol. The molecule has 1 heterocycles. The lowest BCUT2D eigenvalue weighted by Gasteiger charge is -2.27. The van der Waals surface area contributed by atoms with E-state index in [-0.39, 0.29) is 6.04 Å². The standard InChI is InChI=1S/C19H29N3/c1-6-8-11-18(13-16(4)20)14-22(17(5)7-2)19-15(3)10-9-12-21-19/h8-13,16H,5-7,14,20H2,1-4H3/b11-8-,18-13+. The van der Waals surface area contributed by atoms with Crippen molar-refractivity contribution in [3.05, 3.63) is 60.0 Å². The second kappa shape index (κ2) is 9.21. The highest BCUT2D eigenvalue weighted by Gasteiger charge is 2.14. The van der Waals surface area contributed by atoms with Gasteiger partial charge in [0, 0.05) is 24.5 Å². The van der Waals surface area contributed by atoms with Crippen LogP contribution in [0.5, 0.6) is 0 Å². The molecule has 1 aromatic rings. The van der Waals surface area contributed by atoms with E-state index in [0.717, 1.165) is 36.5 Å². The molecule has 0 aromatic carbocycles. The molecule has 0 spiro atoms. The normalized spacial score (nSPS) is 13.4. The summed E-state index contributed by atoms with van der Waals surface area (Å²) in [4.78, 5) is 6.73. The fourth-order valence-electron chi connectivity index (χ4n) is 2.24. The first-order valence-corrected chi connectivity index (χ1v) is 7.99. The van der Waals surface area contributed by atoms with Gasteiger partial charge in [-0.1, -0.05) is 44.7 Å². The van der Waals surface area contributed by atoms with Crippen LogP contribution in [0.15, 0.2) is 54.4 Å². The van der Waals surface area contributed by atoms with Crippen LogP contribution in [0, 0.1) is 6.92 Å². The molecule has 22 heavy (non-hydrogen) atoms. The molecule has 3 heteroatoms. The second-order valence-electron chi connectivity index (χ2n) is 5.56. The third kappa shape index (κ3) is 5.49. The molecule has 1 unspecified atom stereocenters. The Morgan fingerprint density at radius 1 is 1.45 bits per heavy atom. The maximum absolute atomic E-state index is 5.95. The first-order valence-electron chi connectivity index (χ1n) is 7.99. The molecule has 0 saturated carbocycles. The van der Waals surface area contributed by atoms with Crippen LogP contribution in [0.2, 0.25) is 0 Å². The van der Waals surface area contributed by atoms with E-state index in [4.69, 9.17) is 5.73 Å². The number of aromatic nitrogens is 1. The molecule has 1 aromatic heterocycles. The zero-order chi connectivity index (χ0) is 16.5. The van der Waals surface area contributed by atoms with Crippen LogP contribution < -0.4 is 10.6 Å². The lowest BCUT2D eigenvalue weighted by Crippen LogP contribution is -2.26. The van der Waals surface area contributed by atoms with Gasteiger partial charge in [-0.05, 0) is 43.9 Å². The monoisotopic (exact) mass is 299 g/mol. The Balaban J connectivity index is 3.14. The fraction of sp³-hybridized carbons (Fsp3) is 0.421. The average Bonchev–Trinajstić information content (AvgIpc) is 2.49. The molecule has 1 rings (SSSR count). The molecule has 120 valence electrons. The number of nitrogens with zero attached hydrogens (tertiary/aromatic N) is 2. The van der Waals surface area contributed by atoms with Crippen LogP contribution >= 0.6 is 0 Å². The van der Waals surface area contributed by atoms with E-state index in [0.29, 0.717) is 0 Å². The highest BCUT2D eigenvalue weighted by molar-refractivity contribution is 5.53. The molecule has 0 amide bonds. The van der Waals surface area contributed by atoms with E-state index in [1.165, 1.54) is 5.57 Å². The second-order valence-corrected chi connectivity index (χ2v) is 5.56. The fourth-order valence-corrected chi connectivity index (χ4v) is 2.24. The van der Waals surface area contributed by atoms with Crippen molar-refractivity contribution in [1.82, 2.24) is 4.98 Å². The van der Waals surface area contributed by atoms with Gasteiger partial charge in [0.1, 0.15) is 5.82 Å². The van der Waals surface area contributed by atoms with E-state index in [1.54, 1.807) is 0 Å². The Kier molecular flexibility index (Phi) is 7.61. The Morgan fingerprint density at radius 3 is 2.73 bits per heavy atom. The van der Waals surface area contributed by atoms with Gasteiger partial charge in [0.2, 0.25) is 0 Å². The van der Waals surface area contributed by atoms with Crippen molar-refractivity contribution < 1.29 is 0 Å². The first-order chi connectivity index (χ1) is 10.5. The SMILES string of the molecule is C=C(CC)N(CC(/C=C\CC)=C/C(C)N)c1ncccc1C. The van der Waals surface area contributed by atoms with Gasteiger partial charge in [-0.15, -0.1) is 0 Å². The number of rotatable bonds is 8. The van der Waals surface area contributed by atoms with Crippen LogP contribution in [-0.4, -0.2) is 17.6 Å².